The third-order valence-corrected chi connectivity index (χ3v) is 3.79. The zero-order chi connectivity index (χ0) is 15.7. The number of benzene rings is 1. The molecule has 0 bridgehead atoms. The highest BCUT2D eigenvalue weighted by Crippen LogP contribution is 2.34. The fraction of sp³-hybridized carbons (Fsp3) is 0.188. The van der Waals surface area contributed by atoms with E-state index in [-0.39, 0.29) is 17.1 Å². The Kier molecular flexibility index (Phi) is 3.74. The minimum absolute atomic E-state index is 0.00365. The van der Waals surface area contributed by atoms with Crippen LogP contribution in [0.25, 0.3) is 22.2 Å². The first-order valence-corrected chi connectivity index (χ1v) is 7.14. The van der Waals surface area contributed by atoms with Crippen molar-refractivity contribution in [2.75, 3.05) is 0 Å². The average molecular weight is 320 g/mol. The maximum atomic E-state index is 13.7. The number of aromatic nitrogens is 3. The second kappa shape index (κ2) is 5.57. The Morgan fingerprint density at radius 1 is 1.00 bits per heavy atom. The van der Waals surface area contributed by atoms with E-state index in [1.165, 1.54) is 25.3 Å². The van der Waals surface area contributed by atoms with Gasteiger partial charge in [0, 0.05) is 36.1 Å². The Labute approximate surface area is 131 Å². The lowest BCUT2D eigenvalue weighted by atomic mass is 10.0. The quantitative estimate of drug-likeness (QED) is 0.648. The van der Waals surface area contributed by atoms with E-state index in [1.54, 1.807) is 24.5 Å². The molecule has 0 N–H and O–H groups in total. The molecule has 22 heavy (non-hydrogen) atoms. The SMILES string of the molecule is CCC(F)(F)c1ccc(-c2cnc(Cl)c3nccnc23)cc1. The highest BCUT2D eigenvalue weighted by atomic mass is 35.5. The summed E-state index contributed by atoms with van der Waals surface area (Å²) in [5, 5.41) is 0.265. The topological polar surface area (TPSA) is 38.7 Å². The molecule has 3 aromatic rings. The molecule has 0 saturated carbocycles. The number of fused-ring (bicyclic) bond motifs is 1. The molecule has 0 aliphatic carbocycles. The van der Waals surface area contributed by atoms with Crippen LogP contribution in [-0.4, -0.2) is 15.0 Å². The Morgan fingerprint density at radius 2 is 1.64 bits per heavy atom. The van der Waals surface area contributed by atoms with E-state index in [9.17, 15) is 8.78 Å². The van der Waals surface area contributed by atoms with Gasteiger partial charge in [-0.15, -0.1) is 0 Å². The highest BCUT2D eigenvalue weighted by molar-refractivity contribution is 6.34. The normalized spacial score (nSPS) is 11.8. The van der Waals surface area contributed by atoms with E-state index >= 15 is 0 Å². The molecule has 0 saturated heterocycles. The van der Waals surface area contributed by atoms with Gasteiger partial charge in [-0.2, -0.15) is 0 Å². The van der Waals surface area contributed by atoms with Crippen molar-refractivity contribution < 1.29 is 8.78 Å². The fourth-order valence-electron chi connectivity index (χ4n) is 2.24. The smallest absolute Gasteiger partial charge is 0.252 e. The Hall–Kier alpha value is -2.14. The number of pyridine rings is 1. The van der Waals surface area contributed by atoms with Gasteiger partial charge in [0.05, 0.1) is 0 Å². The summed E-state index contributed by atoms with van der Waals surface area (Å²) in [5.41, 5.74) is 2.53. The molecule has 1 aromatic carbocycles. The Balaban J connectivity index is 2.11. The van der Waals surface area contributed by atoms with Crippen molar-refractivity contribution in [3.05, 3.63) is 53.6 Å². The average Bonchev–Trinajstić information content (AvgIpc) is 2.56. The van der Waals surface area contributed by atoms with Crippen LogP contribution in [0.3, 0.4) is 0 Å². The molecular weight excluding hydrogens is 308 g/mol. The van der Waals surface area contributed by atoms with Crippen molar-refractivity contribution in [3.8, 4) is 11.1 Å². The summed E-state index contributed by atoms with van der Waals surface area (Å²) in [6.07, 6.45) is 4.43. The molecule has 0 radical (unpaired) electrons. The predicted molar refractivity (Wildman–Crippen MR) is 82.0 cm³/mol. The van der Waals surface area contributed by atoms with Crippen LogP contribution in [0.4, 0.5) is 8.78 Å². The first-order chi connectivity index (χ1) is 10.5. The van der Waals surface area contributed by atoms with Crippen LogP contribution in [0, 0.1) is 0 Å². The van der Waals surface area contributed by atoms with Gasteiger partial charge in [0.25, 0.3) is 5.92 Å². The van der Waals surface area contributed by atoms with Gasteiger partial charge in [0.15, 0.2) is 5.15 Å². The van der Waals surface area contributed by atoms with E-state index in [4.69, 9.17) is 11.6 Å². The summed E-state index contributed by atoms with van der Waals surface area (Å²) in [6, 6.07) is 6.13. The third kappa shape index (κ3) is 2.52. The van der Waals surface area contributed by atoms with E-state index in [2.05, 4.69) is 15.0 Å². The van der Waals surface area contributed by atoms with Crippen LogP contribution in [0.1, 0.15) is 18.9 Å². The molecule has 0 aliphatic heterocycles. The molecule has 2 aromatic heterocycles. The van der Waals surface area contributed by atoms with Crippen molar-refractivity contribution in [1.29, 1.82) is 0 Å². The molecule has 112 valence electrons. The Morgan fingerprint density at radius 3 is 2.27 bits per heavy atom. The lowest BCUT2D eigenvalue weighted by molar-refractivity contribution is -0.00826. The van der Waals surface area contributed by atoms with Crippen LogP contribution < -0.4 is 0 Å². The van der Waals surface area contributed by atoms with Gasteiger partial charge < -0.3 is 0 Å². The molecule has 0 unspecified atom stereocenters. The van der Waals surface area contributed by atoms with Gasteiger partial charge >= 0.3 is 0 Å². The summed E-state index contributed by atoms with van der Waals surface area (Å²) in [6.45, 7) is 1.46. The van der Waals surface area contributed by atoms with Crippen LogP contribution in [0.5, 0.6) is 0 Å². The van der Waals surface area contributed by atoms with Crippen molar-refractivity contribution in [1.82, 2.24) is 15.0 Å². The van der Waals surface area contributed by atoms with E-state index in [0.717, 1.165) is 5.56 Å². The van der Waals surface area contributed by atoms with Crippen LogP contribution >= 0.6 is 11.6 Å². The first-order valence-electron chi connectivity index (χ1n) is 6.77. The van der Waals surface area contributed by atoms with E-state index in [1.807, 2.05) is 0 Å². The molecule has 0 atom stereocenters. The maximum absolute atomic E-state index is 13.7. The largest absolute Gasteiger partial charge is 0.273 e. The molecule has 0 amide bonds. The van der Waals surface area contributed by atoms with Crippen LogP contribution in [-0.2, 0) is 5.92 Å². The Bertz CT molecular complexity index is 819. The van der Waals surface area contributed by atoms with E-state index < -0.39 is 5.92 Å². The maximum Gasteiger partial charge on any atom is 0.273 e. The number of nitrogens with zero attached hydrogens (tertiary/aromatic N) is 3. The lowest BCUT2D eigenvalue weighted by Crippen LogP contribution is -2.10. The predicted octanol–water partition coefficient (Wildman–Crippen LogP) is 4.85. The summed E-state index contributed by atoms with van der Waals surface area (Å²) in [5.74, 6) is -2.82. The zero-order valence-electron chi connectivity index (χ0n) is 11.7. The van der Waals surface area contributed by atoms with Gasteiger partial charge in [-0.1, -0.05) is 42.8 Å². The lowest BCUT2D eigenvalue weighted by Gasteiger charge is -2.14. The van der Waals surface area contributed by atoms with Crippen LogP contribution in [0.2, 0.25) is 5.15 Å². The molecular formula is C16H12ClF2N3. The van der Waals surface area contributed by atoms with Gasteiger partial charge in [-0.3, -0.25) is 4.98 Å². The summed E-state index contributed by atoms with van der Waals surface area (Å²) < 4.78 is 27.3. The number of hydrogen-bond acceptors (Lipinski definition) is 3. The molecule has 2 heterocycles. The molecule has 0 aliphatic rings. The first kappa shape index (κ1) is 14.8. The molecule has 0 fully saturated rings. The fourth-order valence-corrected chi connectivity index (χ4v) is 2.43. The van der Waals surface area contributed by atoms with Gasteiger partial charge in [0.2, 0.25) is 0 Å². The molecule has 0 spiro atoms. The molecule has 3 rings (SSSR count). The van der Waals surface area contributed by atoms with E-state index in [0.29, 0.717) is 16.6 Å². The van der Waals surface area contributed by atoms with Gasteiger partial charge in [-0.25, -0.2) is 18.7 Å². The summed E-state index contributed by atoms with van der Waals surface area (Å²) in [4.78, 5) is 12.5. The van der Waals surface area contributed by atoms with Crippen molar-refractivity contribution in [2.45, 2.75) is 19.3 Å². The minimum atomic E-state index is -2.82. The minimum Gasteiger partial charge on any atom is -0.252 e. The van der Waals surface area contributed by atoms with Crippen molar-refractivity contribution in [2.24, 2.45) is 0 Å². The third-order valence-electron chi connectivity index (χ3n) is 3.52. The summed E-state index contributed by atoms with van der Waals surface area (Å²) >= 11 is 6.01. The van der Waals surface area contributed by atoms with Gasteiger partial charge in [0.1, 0.15) is 11.0 Å². The number of halogens is 3. The zero-order valence-corrected chi connectivity index (χ0v) is 12.5. The number of hydrogen-bond donors (Lipinski definition) is 0. The van der Waals surface area contributed by atoms with Crippen molar-refractivity contribution >= 4 is 22.6 Å². The molecule has 3 nitrogen and oxygen atoms in total. The standard InChI is InChI=1S/C16H12ClF2N3/c1-2-16(18,19)11-5-3-10(4-6-11)12-9-22-15(17)14-13(12)20-7-8-21-14/h3-9H,2H2,1H3. The van der Waals surface area contributed by atoms with Crippen LogP contribution in [0.15, 0.2) is 42.9 Å². The number of alkyl halides is 2. The monoisotopic (exact) mass is 319 g/mol. The summed E-state index contributed by atoms with van der Waals surface area (Å²) in [7, 11) is 0. The second-order valence-electron chi connectivity index (χ2n) is 4.85. The second-order valence-corrected chi connectivity index (χ2v) is 5.21. The van der Waals surface area contributed by atoms with Gasteiger partial charge in [-0.05, 0) is 5.56 Å². The number of rotatable bonds is 3. The highest BCUT2D eigenvalue weighted by Gasteiger charge is 2.28. The molecule has 6 heteroatoms. The van der Waals surface area contributed by atoms with Crippen molar-refractivity contribution in [3.63, 3.8) is 0 Å².